The highest BCUT2D eigenvalue weighted by Gasteiger charge is 2.46. The Labute approximate surface area is 102 Å². The van der Waals surface area contributed by atoms with Crippen molar-refractivity contribution in [3.8, 4) is 0 Å². The normalized spacial score (nSPS) is 23.8. The van der Waals surface area contributed by atoms with Crippen molar-refractivity contribution in [3.05, 3.63) is 0 Å². The van der Waals surface area contributed by atoms with Gasteiger partial charge in [0.25, 0.3) is 0 Å². The fraction of sp³-hybridized carbons (Fsp3) is 0.833. The van der Waals surface area contributed by atoms with E-state index in [2.05, 4.69) is 0 Å². The minimum Gasteiger partial charge on any atom is -0.392 e. The van der Waals surface area contributed by atoms with E-state index in [0.717, 1.165) is 38.5 Å². The minimum atomic E-state index is -0.514. The van der Waals surface area contributed by atoms with Crippen molar-refractivity contribution in [2.24, 2.45) is 11.1 Å². The molecule has 0 aliphatic heterocycles. The van der Waals surface area contributed by atoms with Crippen LogP contribution in [0.1, 0.15) is 44.9 Å². The highest BCUT2D eigenvalue weighted by Crippen LogP contribution is 2.41. The molecule has 2 saturated carbocycles. The van der Waals surface area contributed by atoms with Crippen molar-refractivity contribution in [1.82, 2.24) is 4.90 Å². The molecule has 2 fully saturated rings. The van der Waals surface area contributed by atoms with Crippen LogP contribution in [0.15, 0.2) is 0 Å². The van der Waals surface area contributed by atoms with Crippen LogP contribution in [0.25, 0.3) is 0 Å². The van der Waals surface area contributed by atoms with E-state index in [1.807, 2.05) is 11.9 Å². The number of rotatable bonds is 3. The molecule has 0 bridgehead atoms. The predicted octanol–water partition coefficient (Wildman–Crippen LogP) is 1.84. The van der Waals surface area contributed by atoms with Crippen LogP contribution in [-0.4, -0.2) is 28.9 Å². The number of nitrogens with zero attached hydrogens (tertiary/aromatic N) is 1. The zero-order valence-electron chi connectivity index (χ0n) is 9.87. The summed E-state index contributed by atoms with van der Waals surface area (Å²) in [6.45, 7) is 0. The quantitative estimate of drug-likeness (QED) is 0.766. The lowest BCUT2D eigenvalue weighted by molar-refractivity contribution is -0.140. The molecule has 16 heavy (non-hydrogen) atoms. The van der Waals surface area contributed by atoms with Crippen LogP contribution in [0.5, 0.6) is 0 Å². The molecule has 2 rings (SSSR count). The molecule has 0 saturated heterocycles. The number of carbonyl (C=O) groups is 1. The summed E-state index contributed by atoms with van der Waals surface area (Å²) in [5, 5.41) is 0. The lowest BCUT2D eigenvalue weighted by Gasteiger charge is -2.40. The standard InChI is InChI=1S/C12H20N2OS/c1-14(9-5-4-6-9)11(15)12(10(13)16)7-2-3-8-12/h9H,2-8H2,1H3,(H2,13,16). The van der Waals surface area contributed by atoms with Gasteiger partial charge in [0, 0.05) is 13.1 Å². The maximum atomic E-state index is 12.5. The molecule has 4 heteroatoms. The molecule has 0 radical (unpaired) electrons. The van der Waals surface area contributed by atoms with Crippen molar-refractivity contribution >= 4 is 23.1 Å². The average molecular weight is 240 g/mol. The molecule has 0 unspecified atom stereocenters. The molecule has 1 amide bonds. The molecule has 0 spiro atoms. The van der Waals surface area contributed by atoms with E-state index in [0.29, 0.717) is 11.0 Å². The second-order valence-electron chi connectivity index (χ2n) is 5.15. The van der Waals surface area contributed by atoms with Crippen molar-refractivity contribution in [2.45, 2.75) is 51.0 Å². The van der Waals surface area contributed by atoms with Gasteiger partial charge in [-0.25, -0.2) is 0 Å². The van der Waals surface area contributed by atoms with Gasteiger partial charge in [0.1, 0.15) is 0 Å². The minimum absolute atomic E-state index is 0.169. The van der Waals surface area contributed by atoms with Crippen LogP contribution >= 0.6 is 12.2 Å². The monoisotopic (exact) mass is 240 g/mol. The molecule has 0 heterocycles. The largest absolute Gasteiger partial charge is 0.392 e. The molecular formula is C12H20N2OS. The number of thiocarbonyl (C=S) groups is 1. The number of nitrogens with two attached hydrogens (primary N) is 1. The van der Waals surface area contributed by atoms with Crippen molar-refractivity contribution in [2.75, 3.05) is 7.05 Å². The Balaban J connectivity index is 2.13. The summed E-state index contributed by atoms with van der Waals surface area (Å²) in [5.74, 6) is 0.169. The van der Waals surface area contributed by atoms with Gasteiger partial charge >= 0.3 is 0 Å². The van der Waals surface area contributed by atoms with Crippen LogP contribution in [-0.2, 0) is 4.79 Å². The van der Waals surface area contributed by atoms with E-state index in [1.54, 1.807) is 0 Å². The topological polar surface area (TPSA) is 46.3 Å². The number of carbonyl (C=O) groups excluding carboxylic acids is 1. The Morgan fingerprint density at radius 1 is 1.31 bits per heavy atom. The molecule has 2 aliphatic rings. The molecule has 0 aromatic rings. The first-order chi connectivity index (χ1) is 7.58. The van der Waals surface area contributed by atoms with E-state index in [9.17, 15) is 4.79 Å². The van der Waals surface area contributed by atoms with Crippen molar-refractivity contribution < 1.29 is 4.79 Å². The van der Waals surface area contributed by atoms with Gasteiger partial charge in [-0.1, -0.05) is 25.1 Å². The zero-order valence-corrected chi connectivity index (χ0v) is 10.7. The summed E-state index contributed by atoms with van der Waals surface area (Å²) in [5.41, 5.74) is 5.30. The van der Waals surface area contributed by atoms with Crippen LogP contribution in [0.4, 0.5) is 0 Å². The molecule has 0 aromatic heterocycles. The van der Waals surface area contributed by atoms with Gasteiger partial charge < -0.3 is 10.6 Å². The van der Waals surface area contributed by atoms with E-state index >= 15 is 0 Å². The predicted molar refractivity (Wildman–Crippen MR) is 68.1 cm³/mol. The summed E-state index contributed by atoms with van der Waals surface area (Å²) in [4.78, 5) is 14.8. The summed E-state index contributed by atoms with van der Waals surface area (Å²) < 4.78 is 0. The van der Waals surface area contributed by atoms with Gasteiger partial charge in [-0.05, 0) is 32.1 Å². The Morgan fingerprint density at radius 2 is 1.88 bits per heavy atom. The second kappa shape index (κ2) is 4.32. The number of amides is 1. The Morgan fingerprint density at radius 3 is 2.25 bits per heavy atom. The molecule has 2 N–H and O–H groups in total. The first kappa shape index (κ1) is 11.8. The zero-order chi connectivity index (χ0) is 11.8. The molecule has 0 atom stereocenters. The summed E-state index contributed by atoms with van der Waals surface area (Å²) in [6.07, 6.45) is 7.34. The lowest BCUT2D eigenvalue weighted by atomic mass is 9.82. The van der Waals surface area contributed by atoms with Gasteiger partial charge in [-0.3, -0.25) is 4.79 Å². The second-order valence-corrected chi connectivity index (χ2v) is 5.59. The summed E-state index contributed by atoms with van der Waals surface area (Å²) in [6, 6.07) is 0.430. The highest BCUT2D eigenvalue weighted by molar-refractivity contribution is 7.80. The van der Waals surface area contributed by atoms with Gasteiger partial charge in [-0.2, -0.15) is 0 Å². The highest BCUT2D eigenvalue weighted by atomic mass is 32.1. The van der Waals surface area contributed by atoms with E-state index < -0.39 is 5.41 Å². The average Bonchev–Trinajstić information content (AvgIpc) is 2.63. The first-order valence-electron chi connectivity index (χ1n) is 6.15. The summed E-state index contributed by atoms with van der Waals surface area (Å²) >= 11 is 5.13. The number of hydrogen-bond donors (Lipinski definition) is 1. The molecule has 3 nitrogen and oxygen atoms in total. The molecule has 0 aromatic carbocycles. The van der Waals surface area contributed by atoms with Crippen LogP contribution in [0.3, 0.4) is 0 Å². The van der Waals surface area contributed by atoms with Gasteiger partial charge in [0.15, 0.2) is 0 Å². The first-order valence-corrected chi connectivity index (χ1v) is 6.56. The van der Waals surface area contributed by atoms with E-state index in [-0.39, 0.29) is 5.91 Å². The maximum absolute atomic E-state index is 12.5. The summed E-state index contributed by atoms with van der Waals surface area (Å²) in [7, 11) is 1.91. The Hall–Kier alpha value is -0.640. The van der Waals surface area contributed by atoms with Crippen LogP contribution in [0, 0.1) is 5.41 Å². The smallest absolute Gasteiger partial charge is 0.235 e. The molecule has 90 valence electrons. The third-order valence-corrected chi connectivity index (χ3v) is 4.67. The fourth-order valence-electron chi connectivity index (χ4n) is 2.82. The van der Waals surface area contributed by atoms with Gasteiger partial charge in [0.2, 0.25) is 5.91 Å². The van der Waals surface area contributed by atoms with E-state index in [4.69, 9.17) is 18.0 Å². The van der Waals surface area contributed by atoms with Crippen LogP contribution < -0.4 is 5.73 Å². The molecular weight excluding hydrogens is 220 g/mol. The SMILES string of the molecule is CN(C(=O)C1(C(N)=S)CCCC1)C1CCC1. The Kier molecular flexibility index (Phi) is 3.19. The van der Waals surface area contributed by atoms with Crippen LogP contribution in [0.2, 0.25) is 0 Å². The van der Waals surface area contributed by atoms with Crippen molar-refractivity contribution in [3.63, 3.8) is 0 Å². The Bertz CT molecular complexity index is 306. The lowest BCUT2D eigenvalue weighted by Crippen LogP contribution is -2.52. The van der Waals surface area contributed by atoms with Gasteiger partial charge in [0.05, 0.1) is 10.4 Å². The maximum Gasteiger partial charge on any atom is 0.235 e. The third-order valence-electron chi connectivity index (χ3n) is 4.28. The van der Waals surface area contributed by atoms with Gasteiger partial charge in [-0.15, -0.1) is 0 Å². The third kappa shape index (κ3) is 1.73. The molecule has 2 aliphatic carbocycles. The van der Waals surface area contributed by atoms with E-state index in [1.165, 1.54) is 6.42 Å². The van der Waals surface area contributed by atoms with Crippen molar-refractivity contribution in [1.29, 1.82) is 0 Å². The fourth-order valence-corrected chi connectivity index (χ4v) is 3.11. The number of hydrogen-bond acceptors (Lipinski definition) is 2.